The number of rotatable bonds is 6. The van der Waals surface area contributed by atoms with Gasteiger partial charge in [0.1, 0.15) is 0 Å². The van der Waals surface area contributed by atoms with Gasteiger partial charge in [0.2, 0.25) is 6.41 Å². The van der Waals surface area contributed by atoms with Crippen molar-refractivity contribution in [3.63, 3.8) is 0 Å². The van der Waals surface area contributed by atoms with Gasteiger partial charge in [-0.1, -0.05) is 48.0 Å². The molecule has 0 bridgehead atoms. The first kappa shape index (κ1) is 22.6. The van der Waals surface area contributed by atoms with Gasteiger partial charge in [0.15, 0.2) is 0 Å². The first-order valence-electron chi connectivity index (χ1n) is 11.7. The van der Waals surface area contributed by atoms with Gasteiger partial charge in [-0.05, 0) is 72.8 Å². The summed E-state index contributed by atoms with van der Waals surface area (Å²) in [7, 11) is 2.07. The topological polar surface area (TPSA) is 43.9 Å². The Morgan fingerprint density at radius 3 is 2.41 bits per heavy atom. The van der Waals surface area contributed by atoms with Gasteiger partial charge < -0.3 is 9.80 Å². The number of hydrogen-bond acceptors (Lipinski definition) is 3. The molecule has 3 aromatic carbocycles. The molecule has 0 aromatic heterocycles. The summed E-state index contributed by atoms with van der Waals surface area (Å²) in [6, 6.07) is 23.5. The maximum atomic E-state index is 13.1. The molecule has 174 valence electrons. The maximum absolute atomic E-state index is 13.1. The van der Waals surface area contributed by atoms with Crippen molar-refractivity contribution in [1.29, 1.82) is 0 Å². The third-order valence-corrected chi connectivity index (χ3v) is 7.20. The molecule has 5 nitrogen and oxygen atoms in total. The summed E-state index contributed by atoms with van der Waals surface area (Å²) in [5.41, 5.74) is 4.58. The van der Waals surface area contributed by atoms with E-state index in [9.17, 15) is 9.59 Å². The zero-order valence-electron chi connectivity index (χ0n) is 19.2. The molecule has 34 heavy (non-hydrogen) atoms. The molecule has 1 aliphatic carbocycles. The highest BCUT2D eigenvalue weighted by Crippen LogP contribution is 2.57. The third kappa shape index (κ3) is 4.59. The van der Waals surface area contributed by atoms with E-state index in [0.717, 1.165) is 42.2 Å². The minimum absolute atomic E-state index is 0.0130. The van der Waals surface area contributed by atoms with Crippen LogP contribution in [0.4, 0.5) is 11.4 Å². The monoisotopic (exact) mass is 473 g/mol. The van der Waals surface area contributed by atoms with Crippen molar-refractivity contribution in [2.45, 2.75) is 18.3 Å². The van der Waals surface area contributed by atoms with E-state index in [1.54, 1.807) is 4.90 Å². The smallest absolute Gasteiger partial charge is 0.254 e. The Kier molecular flexibility index (Phi) is 6.40. The number of nitrogens with zero attached hydrogens (tertiary/aromatic N) is 3. The molecule has 3 aromatic rings. The van der Waals surface area contributed by atoms with Gasteiger partial charge in [-0.25, -0.2) is 0 Å². The van der Waals surface area contributed by atoms with Gasteiger partial charge in [-0.2, -0.15) is 0 Å². The van der Waals surface area contributed by atoms with Gasteiger partial charge >= 0.3 is 0 Å². The minimum Gasteiger partial charge on any atom is -0.336 e. The summed E-state index contributed by atoms with van der Waals surface area (Å²) in [4.78, 5) is 31.2. The predicted molar refractivity (Wildman–Crippen MR) is 136 cm³/mol. The predicted octanol–water partition coefficient (Wildman–Crippen LogP) is 5.29. The number of benzene rings is 3. The van der Waals surface area contributed by atoms with E-state index in [4.69, 9.17) is 11.6 Å². The third-order valence-electron chi connectivity index (χ3n) is 6.95. The van der Waals surface area contributed by atoms with Gasteiger partial charge in [0.05, 0.1) is 5.69 Å². The van der Waals surface area contributed by atoms with E-state index in [1.807, 2.05) is 59.5 Å². The second kappa shape index (κ2) is 9.61. The van der Waals surface area contributed by atoms with E-state index in [0.29, 0.717) is 36.2 Å². The molecule has 1 saturated heterocycles. The van der Waals surface area contributed by atoms with Crippen LogP contribution in [-0.2, 0) is 4.79 Å². The van der Waals surface area contributed by atoms with Crippen LogP contribution in [0.2, 0.25) is 5.02 Å². The number of likely N-dealkylation sites (N-methyl/N-ethyl adjacent to an activating group) is 1. The molecule has 2 aliphatic rings. The second-order valence-electron chi connectivity index (χ2n) is 9.18. The van der Waals surface area contributed by atoms with Crippen molar-refractivity contribution in [3.05, 3.63) is 94.5 Å². The fourth-order valence-electron chi connectivity index (χ4n) is 4.88. The van der Waals surface area contributed by atoms with Crippen molar-refractivity contribution < 1.29 is 9.59 Å². The number of para-hydroxylation sites is 1. The summed E-state index contributed by atoms with van der Waals surface area (Å²) in [5.74, 6) is 0.770. The summed E-state index contributed by atoms with van der Waals surface area (Å²) >= 11 is 6.06. The number of amides is 2. The Morgan fingerprint density at radius 2 is 1.68 bits per heavy atom. The SMILES string of the molecule is CN1CCN(C(=O)c2cccc(N(C=O)c3ccccc3C3C[C@H]3c3ccc(Cl)cc3)c2)CC1. The fourth-order valence-corrected chi connectivity index (χ4v) is 5.00. The van der Waals surface area contributed by atoms with Crippen LogP contribution in [0.25, 0.3) is 0 Å². The highest BCUT2D eigenvalue weighted by molar-refractivity contribution is 6.30. The summed E-state index contributed by atoms with van der Waals surface area (Å²) < 4.78 is 0. The summed E-state index contributed by atoms with van der Waals surface area (Å²) in [5, 5.41) is 0.736. The standard InChI is InChI=1S/C28H28ClN3O2/c1-30-13-15-31(16-14-30)28(34)21-5-4-6-23(17-21)32(19-33)27-8-3-2-7-24(27)26-18-25(26)20-9-11-22(29)12-10-20/h2-12,17,19,25-26H,13-16,18H2,1H3/t25-,26?/m0/s1. The van der Waals surface area contributed by atoms with E-state index in [2.05, 4.69) is 30.1 Å². The lowest BCUT2D eigenvalue weighted by Gasteiger charge is -2.32. The molecule has 1 saturated carbocycles. The lowest BCUT2D eigenvalue weighted by atomic mass is 10.0. The fraction of sp³-hybridized carbons (Fsp3) is 0.286. The molecular weight excluding hydrogens is 446 g/mol. The highest BCUT2D eigenvalue weighted by Gasteiger charge is 2.41. The van der Waals surface area contributed by atoms with Gasteiger partial charge in [-0.15, -0.1) is 0 Å². The summed E-state index contributed by atoms with van der Waals surface area (Å²) in [6.07, 6.45) is 1.88. The average Bonchev–Trinajstić information content (AvgIpc) is 3.66. The second-order valence-corrected chi connectivity index (χ2v) is 9.62. The molecule has 0 radical (unpaired) electrons. The Bertz CT molecular complexity index is 1190. The van der Waals surface area contributed by atoms with Crippen LogP contribution < -0.4 is 4.90 Å². The van der Waals surface area contributed by atoms with E-state index in [1.165, 1.54) is 5.56 Å². The van der Waals surface area contributed by atoms with E-state index in [-0.39, 0.29) is 5.91 Å². The molecule has 2 amide bonds. The number of carbonyl (C=O) groups excluding carboxylic acids is 2. The molecule has 1 heterocycles. The molecule has 0 N–H and O–H groups in total. The Balaban J connectivity index is 1.40. The van der Waals surface area contributed by atoms with E-state index < -0.39 is 0 Å². The molecule has 2 fully saturated rings. The number of halogens is 1. The molecule has 1 aliphatic heterocycles. The zero-order valence-corrected chi connectivity index (χ0v) is 20.0. The van der Waals surface area contributed by atoms with Crippen LogP contribution in [0.1, 0.15) is 39.7 Å². The normalized spacial score (nSPS) is 20.1. The molecule has 2 atom stereocenters. The molecule has 5 rings (SSSR count). The zero-order chi connectivity index (χ0) is 23.7. The molecule has 1 unspecified atom stereocenters. The first-order valence-corrected chi connectivity index (χ1v) is 12.1. The average molecular weight is 474 g/mol. The number of hydrogen-bond donors (Lipinski definition) is 0. The Hall–Kier alpha value is -3.15. The molecule has 0 spiro atoms. The quantitative estimate of drug-likeness (QED) is 0.457. The maximum Gasteiger partial charge on any atom is 0.254 e. The molecule has 6 heteroatoms. The van der Waals surface area contributed by atoms with Crippen LogP contribution in [0, 0.1) is 0 Å². The van der Waals surface area contributed by atoms with Crippen LogP contribution in [-0.4, -0.2) is 55.3 Å². The minimum atomic E-state index is 0.0130. The number of carbonyl (C=O) groups is 2. The Labute approximate surface area is 205 Å². The molecular formula is C28H28ClN3O2. The van der Waals surface area contributed by atoms with Crippen LogP contribution in [0.3, 0.4) is 0 Å². The van der Waals surface area contributed by atoms with Crippen molar-refractivity contribution in [3.8, 4) is 0 Å². The van der Waals surface area contributed by atoms with Crippen LogP contribution in [0.5, 0.6) is 0 Å². The van der Waals surface area contributed by atoms with Crippen molar-refractivity contribution in [2.24, 2.45) is 0 Å². The number of anilines is 2. The highest BCUT2D eigenvalue weighted by atomic mass is 35.5. The van der Waals surface area contributed by atoms with Gasteiger partial charge in [0.25, 0.3) is 5.91 Å². The van der Waals surface area contributed by atoms with Crippen molar-refractivity contribution in [2.75, 3.05) is 38.1 Å². The lowest BCUT2D eigenvalue weighted by molar-refractivity contribution is -0.106. The van der Waals surface area contributed by atoms with Crippen molar-refractivity contribution in [1.82, 2.24) is 9.80 Å². The van der Waals surface area contributed by atoms with Gasteiger partial charge in [-0.3, -0.25) is 14.5 Å². The first-order chi connectivity index (χ1) is 16.5. The van der Waals surface area contributed by atoms with Crippen LogP contribution in [0.15, 0.2) is 72.8 Å². The largest absolute Gasteiger partial charge is 0.336 e. The van der Waals surface area contributed by atoms with Crippen LogP contribution >= 0.6 is 11.6 Å². The lowest BCUT2D eigenvalue weighted by Crippen LogP contribution is -2.47. The summed E-state index contributed by atoms with van der Waals surface area (Å²) in [6.45, 7) is 3.17. The van der Waals surface area contributed by atoms with Gasteiger partial charge in [0, 0.05) is 42.5 Å². The Morgan fingerprint density at radius 1 is 0.941 bits per heavy atom. The number of piperazine rings is 1. The van der Waals surface area contributed by atoms with Crippen molar-refractivity contribution >= 4 is 35.3 Å². The van der Waals surface area contributed by atoms with E-state index >= 15 is 0 Å².